The Morgan fingerprint density at radius 3 is 1.44 bits per heavy atom. The van der Waals surface area contributed by atoms with Crippen LogP contribution in [-0.2, 0) is 31.1 Å². The molecule has 0 aromatic heterocycles. The number of fused-ring (bicyclic) bond motifs is 3. The van der Waals surface area contributed by atoms with Gasteiger partial charge in [-0.15, -0.1) is 0 Å². The molecule has 0 amide bonds. The van der Waals surface area contributed by atoms with Crippen LogP contribution in [0.25, 0.3) is 66.8 Å². The van der Waals surface area contributed by atoms with Gasteiger partial charge in [0.05, 0.1) is 0 Å². The number of hydrogen-bond donors (Lipinski definition) is 0. The molecule has 0 nitrogen and oxygen atoms in total. The molecule has 0 saturated carbocycles. The minimum absolute atomic E-state index is 0.0411. The van der Waals surface area contributed by atoms with Gasteiger partial charge in [-0.3, -0.25) is 0 Å². The summed E-state index contributed by atoms with van der Waals surface area (Å²) in [4.78, 5) is 0. The van der Waals surface area contributed by atoms with Gasteiger partial charge < -0.3 is 0 Å². The van der Waals surface area contributed by atoms with E-state index in [1.54, 1.807) is 50.1 Å². The number of hydrogen-bond acceptors (Lipinski definition) is 0. The standard InChI is InChI=1S/C43H28/c1-43(2)33-9-4-3-6-28(33)29-7-5-8-30(42(29)43)31-20-27-18-25-13-12-23-16-21-10-11-22-17-24-14-15-26-19-32(31)41-39(26)37(24)35(22)34(21)36(23)38(25)40(27)41/h3-15,20H,16-19H2,1-2H3. The van der Waals surface area contributed by atoms with Gasteiger partial charge in [-0.05, 0) is 154 Å². The van der Waals surface area contributed by atoms with Gasteiger partial charge in [0.15, 0.2) is 0 Å². The Bertz CT molecular complexity index is 2410. The lowest BCUT2D eigenvalue weighted by Crippen LogP contribution is -2.16. The average Bonchev–Trinajstić information content (AvgIpc) is 3.80. The van der Waals surface area contributed by atoms with Gasteiger partial charge in [-0.2, -0.15) is 0 Å². The van der Waals surface area contributed by atoms with Crippen molar-refractivity contribution in [2.75, 3.05) is 0 Å². The van der Waals surface area contributed by atoms with Crippen molar-refractivity contribution in [3.05, 3.63) is 141 Å². The van der Waals surface area contributed by atoms with Gasteiger partial charge >= 0.3 is 0 Å². The summed E-state index contributed by atoms with van der Waals surface area (Å²) in [6, 6.07) is 33.5. The molecule has 6 aliphatic carbocycles. The molecule has 0 atom stereocenters. The summed E-state index contributed by atoms with van der Waals surface area (Å²) < 4.78 is 0. The molecule has 0 heteroatoms. The lowest BCUT2D eigenvalue weighted by Gasteiger charge is -2.26. The average molecular weight is 545 g/mol. The van der Waals surface area contributed by atoms with Crippen LogP contribution in [0.2, 0.25) is 0 Å². The predicted octanol–water partition coefficient (Wildman–Crippen LogP) is 10.3. The van der Waals surface area contributed by atoms with E-state index in [4.69, 9.17) is 0 Å². The Hall–Kier alpha value is -4.68. The molecule has 0 fully saturated rings. The van der Waals surface area contributed by atoms with E-state index in [1.165, 1.54) is 72.3 Å². The quantitative estimate of drug-likeness (QED) is 0.193. The summed E-state index contributed by atoms with van der Waals surface area (Å²) in [6.07, 6.45) is 4.18. The highest BCUT2D eigenvalue weighted by molar-refractivity contribution is 6.14. The molecule has 0 bridgehead atoms. The van der Waals surface area contributed by atoms with Crippen LogP contribution in [0.1, 0.15) is 69.5 Å². The maximum absolute atomic E-state index is 2.62. The predicted molar refractivity (Wildman–Crippen MR) is 176 cm³/mol. The summed E-state index contributed by atoms with van der Waals surface area (Å²) in [7, 11) is 0. The van der Waals surface area contributed by atoms with E-state index in [0.29, 0.717) is 0 Å². The van der Waals surface area contributed by atoms with Crippen molar-refractivity contribution in [2.24, 2.45) is 0 Å². The molecule has 0 spiro atoms. The van der Waals surface area contributed by atoms with Crippen molar-refractivity contribution in [3.8, 4) is 66.8 Å². The summed E-state index contributed by atoms with van der Waals surface area (Å²) >= 11 is 0. The van der Waals surface area contributed by atoms with Crippen molar-refractivity contribution in [3.63, 3.8) is 0 Å². The molecule has 0 saturated heterocycles. The van der Waals surface area contributed by atoms with Gasteiger partial charge in [0.25, 0.3) is 0 Å². The summed E-state index contributed by atoms with van der Waals surface area (Å²) in [5.74, 6) is 0. The van der Waals surface area contributed by atoms with Crippen molar-refractivity contribution >= 4 is 0 Å². The number of rotatable bonds is 1. The van der Waals surface area contributed by atoms with E-state index in [1.807, 2.05) is 0 Å². The molecule has 43 heavy (non-hydrogen) atoms. The van der Waals surface area contributed by atoms with Crippen LogP contribution >= 0.6 is 0 Å². The first-order valence-electron chi connectivity index (χ1n) is 16.0. The Morgan fingerprint density at radius 1 is 0.395 bits per heavy atom. The largest absolute Gasteiger partial charge is 0.0619 e. The van der Waals surface area contributed by atoms with Gasteiger partial charge in [0, 0.05) is 5.41 Å². The lowest BCUT2D eigenvalue weighted by atomic mass is 9.76. The molecule has 6 aliphatic rings. The third kappa shape index (κ3) is 2.27. The van der Waals surface area contributed by atoms with E-state index in [-0.39, 0.29) is 5.41 Å². The molecule has 0 radical (unpaired) electrons. The minimum atomic E-state index is -0.0411. The fourth-order valence-electron chi connectivity index (χ4n) is 10.4. The molecular weight excluding hydrogens is 516 g/mol. The van der Waals surface area contributed by atoms with E-state index in [9.17, 15) is 0 Å². The topological polar surface area (TPSA) is 0 Å². The maximum atomic E-state index is 2.62. The molecule has 6 aromatic carbocycles. The van der Waals surface area contributed by atoms with E-state index in [2.05, 4.69) is 98.8 Å². The zero-order chi connectivity index (χ0) is 27.9. The highest BCUT2D eigenvalue weighted by Gasteiger charge is 2.43. The molecule has 200 valence electrons. The smallest absolute Gasteiger partial charge is 0.0165 e. The second kappa shape index (κ2) is 6.76. The van der Waals surface area contributed by atoms with Gasteiger partial charge in [0.2, 0.25) is 0 Å². The van der Waals surface area contributed by atoms with Crippen molar-refractivity contribution < 1.29 is 0 Å². The second-order valence-electron chi connectivity index (χ2n) is 14.3. The van der Waals surface area contributed by atoms with Crippen molar-refractivity contribution in [1.82, 2.24) is 0 Å². The van der Waals surface area contributed by atoms with Crippen LogP contribution in [-0.4, -0.2) is 0 Å². The molecule has 0 aliphatic heterocycles. The maximum Gasteiger partial charge on any atom is 0.0165 e. The summed E-state index contributed by atoms with van der Waals surface area (Å²) in [6.45, 7) is 4.87. The monoisotopic (exact) mass is 544 g/mol. The fourth-order valence-corrected chi connectivity index (χ4v) is 10.4. The molecule has 12 rings (SSSR count). The zero-order valence-corrected chi connectivity index (χ0v) is 24.4. The molecule has 0 N–H and O–H groups in total. The first kappa shape index (κ1) is 21.9. The second-order valence-corrected chi connectivity index (χ2v) is 14.3. The van der Waals surface area contributed by atoms with Crippen LogP contribution in [0.5, 0.6) is 0 Å². The third-order valence-electron chi connectivity index (χ3n) is 12.0. The van der Waals surface area contributed by atoms with E-state index in [0.717, 1.165) is 25.7 Å². The highest BCUT2D eigenvalue weighted by atomic mass is 14.5. The lowest BCUT2D eigenvalue weighted by molar-refractivity contribution is 0.662. The Labute approximate surface area is 251 Å². The van der Waals surface area contributed by atoms with Crippen molar-refractivity contribution in [2.45, 2.75) is 44.9 Å². The fraction of sp³-hybridized carbons (Fsp3) is 0.163. The Morgan fingerprint density at radius 2 is 0.837 bits per heavy atom. The molecular formula is C43H28. The Kier molecular flexibility index (Phi) is 3.45. The summed E-state index contributed by atoms with van der Waals surface area (Å²) in [5, 5.41) is 0. The number of benzene rings is 6. The van der Waals surface area contributed by atoms with Crippen LogP contribution in [0.4, 0.5) is 0 Å². The van der Waals surface area contributed by atoms with E-state index < -0.39 is 0 Å². The van der Waals surface area contributed by atoms with E-state index >= 15 is 0 Å². The minimum Gasteiger partial charge on any atom is -0.0619 e. The Balaban J connectivity index is 1.25. The van der Waals surface area contributed by atoms with Crippen LogP contribution in [0.3, 0.4) is 0 Å². The van der Waals surface area contributed by atoms with Gasteiger partial charge in [0.1, 0.15) is 0 Å². The third-order valence-corrected chi connectivity index (χ3v) is 12.0. The van der Waals surface area contributed by atoms with Gasteiger partial charge in [-0.1, -0.05) is 92.7 Å². The molecule has 6 aromatic rings. The highest BCUT2D eigenvalue weighted by Crippen LogP contribution is 2.64. The summed E-state index contributed by atoms with van der Waals surface area (Å²) in [5.41, 5.74) is 33.4. The molecule has 0 unspecified atom stereocenters. The molecule has 0 heterocycles. The normalized spacial score (nSPS) is 16.4. The van der Waals surface area contributed by atoms with Crippen LogP contribution < -0.4 is 0 Å². The van der Waals surface area contributed by atoms with Crippen LogP contribution in [0.15, 0.2) is 84.9 Å². The first-order valence-corrected chi connectivity index (χ1v) is 16.0. The first-order chi connectivity index (χ1) is 21.1. The SMILES string of the molecule is CC1(C)c2ccccc2-c2cccc(-c3cc4c5c6c3Cc3ccc7c(c3-6)-c3c(ccc6c3-c3c(ccc(c3-5)C4)C6)C7)c21. The van der Waals surface area contributed by atoms with Crippen molar-refractivity contribution in [1.29, 1.82) is 0 Å². The van der Waals surface area contributed by atoms with Gasteiger partial charge in [-0.25, -0.2) is 0 Å². The van der Waals surface area contributed by atoms with Crippen LogP contribution in [0, 0.1) is 0 Å². The zero-order valence-electron chi connectivity index (χ0n) is 24.4.